The average molecular weight is 262 g/mol. The van der Waals surface area contributed by atoms with Gasteiger partial charge < -0.3 is 9.73 Å². The molecule has 0 radical (unpaired) electrons. The molecule has 18 heavy (non-hydrogen) atoms. The number of nitrogens with one attached hydrogen (secondary N) is 1. The minimum atomic E-state index is 0.338. The summed E-state index contributed by atoms with van der Waals surface area (Å²) in [7, 11) is 0. The predicted molar refractivity (Wildman–Crippen MR) is 74.2 cm³/mol. The van der Waals surface area contributed by atoms with Gasteiger partial charge in [-0.2, -0.15) is 0 Å². The van der Waals surface area contributed by atoms with E-state index in [0.29, 0.717) is 6.04 Å². The third kappa shape index (κ3) is 2.01. The van der Waals surface area contributed by atoms with Crippen molar-refractivity contribution in [3.05, 3.63) is 52.4 Å². The molecular weight excluding hydrogens is 246 g/mol. The molecule has 1 N–H and O–H groups in total. The number of rotatable bonds is 2. The van der Waals surface area contributed by atoms with E-state index in [1.54, 1.807) is 6.26 Å². The summed E-state index contributed by atoms with van der Waals surface area (Å²) in [6, 6.07) is 8.40. The number of hydrogen-bond acceptors (Lipinski definition) is 2. The van der Waals surface area contributed by atoms with Gasteiger partial charge in [-0.25, -0.2) is 0 Å². The van der Waals surface area contributed by atoms with Crippen LogP contribution in [0.5, 0.6) is 0 Å². The zero-order valence-corrected chi connectivity index (χ0v) is 11.1. The molecule has 1 heterocycles. The first-order valence-electron chi connectivity index (χ1n) is 6.33. The zero-order chi connectivity index (χ0) is 12.5. The van der Waals surface area contributed by atoms with Crippen LogP contribution in [0.3, 0.4) is 0 Å². The average Bonchev–Trinajstić information content (AvgIpc) is 2.84. The van der Waals surface area contributed by atoms with Gasteiger partial charge in [0.15, 0.2) is 0 Å². The van der Waals surface area contributed by atoms with Gasteiger partial charge in [-0.05, 0) is 43.5 Å². The van der Waals surface area contributed by atoms with Crippen molar-refractivity contribution < 1.29 is 4.42 Å². The molecule has 0 bridgehead atoms. The highest BCUT2D eigenvalue weighted by atomic mass is 35.5. The van der Waals surface area contributed by atoms with Crippen LogP contribution in [0.1, 0.15) is 35.8 Å². The molecule has 3 rings (SSSR count). The predicted octanol–water partition coefficient (Wildman–Crippen LogP) is 4.73. The lowest BCUT2D eigenvalue weighted by Gasteiger charge is -2.24. The van der Waals surface area contributed by atoms with Gasteiger partial charge in [0.1, 0.15) is 5.76 Å². The second kappa shape index (κ2) is 4.69. The van der Waals surface area contributed by atoms with E-state index in [0.717, 1.165) is 41.3 Å². The molecule has 1 aromatic heterocycles. The topological polar surface area (TPSA) is 25.2 Å². The van der Waals surface area contributed by atoms with Crippen molar-refractivity contribution in [2.24, 2.45) is 0 Å². The molecule has 1 aliphatic carbocycles. The van der Waals surface area contributed by atoms with Gasteiger partial charge in [0, 0.05) is 22.7 Å². The highest BCUT2D eigenvalue weighted by molar-refractivity contribution is 6.31. The molecule has 0 fully saturated rings. The molecule has 1 atom stereocenters. The van der Waals surface area contributed by atoms with Gasteiger partial charge in [0.05, 0.1) is 12.3 Å². The molecular formula is C15H16ClNO. The first-order valence-corrected chi connectivity index (χ1v) is 6.71. The van der Waals surface area contributed by atoms with Crippen molar-refractivity contribution in [2.75, 3.05) is 5.32 Å². The van der Waals surface area contributed by atoms with Crippen LogP contribution in [-0.2, 0) is 6.42 Å². The van der Waals surface area contributed by atoms with Gasteiger partial charge in [0.25, 0.3) is 0 Å². The van der Waals surface area contributed by atoms with E-state index in [1.807, 2.05) is 19.1 Å². The van der Waals surface area contributed by atoms with E-state index in [4.69, 9.17) is 16.0 Å². The SMILES string of the molecule is Cc1c(Cl)cccc1NC1CCCc2occc21. The van der Waals surface area contributed by atoms with E-state index in [9.17, 15) is 0 Å². The molecule has 0 saturated carbocycles. The Bertz CT molecular complexity index is 561. The summed E-state index contributed by atoms with van der Waals surface area (Å²) >= 11 is 6.15. The van der Waals surface area contributed by atoms with Crippen LogP contribution in [0, 0.1) is 6.92 Å². The standard InChI is InChI=1S/C15H16ClNO/c1-10-12(16)4-2-5-13(10)17-14-6-3-7-15-11(14)8-9-18-15/h2,4-5,8-9,14,17H,3,6-7H2,1H3. The lowest BCUT2D eigenvalue weighted by molar-refractivity contribution is 0.461. The second-order valence-corrected chi connectivity index (χ2v) is 5.21. The van der Waals surface area contributed by atoms with Crippen LogP contribution in [-0.4, -0.2) is 0 Å². The monoisotopic (exact) mass is 261 g/mol. The summed E-state index contributed by atoms with van der Waals surface area (Å²) in [5.41, 5.74) is 3.51. The van der Waals surface area contributed by atoms with Gasteiger partial charge >= 0.3 is 0 Å². The Morgan fingerprint density at radius 2 is 2.22 bits per heavy atom. The third-order valence-electron chi connectivity index (χ3n) is 3.65. The Morgan fingerprint density at radius 1 is 1.33 bits per heavy atom. The first-order chi connectivity index (χ1) is 8.75. The number of anilines is 1. The fourth-order valence-electron chi connectivity index (χ4n) is 2.59. The Hall–Kier alpha value is -1.41. The molecule has 1 aromatic carbocycles. The van der Waals surface area contributed by atoms with E-state index >= 15 is 0 Å². The second-order valence-electron chi connectivity index (χ2n) is 4.80. The van der Waals surface area contributed by atoms with Crippen LogP contribution in [0.2, 0.25) is 5.02 Å². The molecule has 1 unspecified atom stereocenters. The Labute approximate surface area is 112 Å². The molecule has 3 heteroatoms. The Kier molecular flexibility index (Phi) is 3.04. The maximum atomic E-state index is 6.15. The molecule has 94 valence electrons. The van der Waals surface area contributed by atoms with Crippen LogP contribution in [0.15, 0.2) is 34.9 Å². The van der Waals surface area contributed by atoms with Crippen LogP contribution < -0.4 is 5.32 Å². The summed E-state index contributed by atoms with van der Waals surface area (Å²) in [6.45, 7) is 2.05. The highest BCUT2D eigenvalue weighted by Crippen LogP contribution is 2.34. The molecule has 2 aromatic rings. The van der Waals surface area contributed by atoms with Crippen LogP contribution >= 0.6 is 11.6 Å². The van der Waals surface area contributed by atoms with Crippen LogP contribution in [0.25, 0.3) is 0 Å². The van der Waals surface area contributed by atoms with Gasteiger partial charge in [0.2, 0.25) is 0 Å². The summed E-state index contributed by atoms with van der Waals surface area (Å²) in [4.78, 5) is 0. The number of halogens is 1. The summed E-state index contributed by atoms with van der Waals surface area (Å²) in [6.07, 6.45) is 5.14. The van der Waals surface area contributed by atoms with Gasteiger partial charge in [-0.15, -0.1) is 0 Å². The van der Waals surface area contributed by atoms with E-state index < -0.39 is 0 Å². The van der Waals surface area contributed by atoms with Crippen molar-refractivity contribution in [3.8, 4) is 0 Å². The number of fused-ring (bicyclic) bond motifs is 1. The maximum absolute atomic E-state index is 6.15. The number of aryl methyl sites for hydroxylation is 1. The smallest absolute Gasteiger partial charge is 0.109 e. The minimum Gasteiger partial charge on any atom is -0.469 e. The Morgan fingerprint density at radius 3 is 3.11 bits per heavy atom. The van der Waals surface area contributed by atoms with E-state index in [2.05, 4.69) is 17.4 Å². The van der Waals surface area contributed by atoms with Gasteiger partial charge in [-0.1, -0.05) is 17.7 Å². The molecule has 0 saturated heterocycles. The van der Waals surface area contributed by atoms with Gasteiger partial charge in [-0.3, -0.25) is 0 Å². The van der Waals surface area contributed by atoms with E-state index in [-0.39, 0.29) is 0 Å². The number of furan rings is 1. The molecule has 0 aliphatic heterocycles. The fourth-order valence-corrected chi connectivity index (χ4v) is 2.76. The van der Waals surface area contributed by atoms with Crippen LogP contribution in [0.4, 0.5) is 5.69 Å². The summed E-state index contributed by atoms with van der Waals surface area (Å²) < 4.78 is 5.51. The molecule has 0 amide bonds. The Balaban J connectivity index is 1.88. The van der Waals surface area contributed by atoms with Crippen molar-refractivity contribution in [3.63, 3.8) is 0 Å². The van der Waals surface area contributed by atoms with Crippen molar-refractivity contribution in [2.45, 2.75) is 32.2 Å². The number of benzene rings is 1. The largest absolute Gasteiger partial charge is 0.469 e. The van der Waals surface area contributed by atoms with Crippen molar-refractivity contribution >= 4 is 17.3 Å². The lowest BCUT2D eigenvalue weighted by atomic mass is 9.93. The molecule has 2 nitrogen and oxygen atoms in total. The van der Waals surface area contributed by atoms with E-state index in [1.165, 1.54) is 5.56 Å². The summed E-state index contributed by atoms with van der Waals surface area (Å²) in [5, 5.41) is 4.40. The van der Waals surface area contributed by atoms with Crippen molar-refractivity contribution in [1.29, 1.82) is 0 Å². The molecule has 0 spiro atoms. The lowest BCUT2D eigenvalue weighted by Crippen LogP contribution is -2.16. The third-order valence-corrected chi connectivity index (χ3v) is 4.06. The minimum absolute atomic E-state index is 0.338. The zero-order valence-electron chi connectivity index (χ0n) is 10.4. The first kappa shape index (κ1) is 11.7. The number of hydrogen-bond donors (Lipinski definition) is 1. The summed E-state index contributed by atoms with van der Waals surface area (Å²) in [5.74, 6) is 1.12. The van der Waals surface area contributed by atoms with Crippen molar-refractivity contribution in [1.82, 2.24) is 0 Å². The maximum Gasteiger partial charge on any atom is 0.109 e. The molecule has 1 aliphatic rings. The fraction of sp³-hybridized carbons (Fsp3) is 0.333. The normalized spacial score (nSPS) is 18.4. The highest BCUT2D eigenvalue weighted by Gasteiger charge is 2.22. The quantitative estimate of drug-likeness (QED) is 0.845.